The van der Waals surface area contributed by atoms with Crippen molar-refractivity contribution >= 4 is 0 Å². The maximum atomic E-state index is 9.76. The molecule has 0 bridgehead atoms. The molecular formula is C5H14N2O3. The highest BCUT2D eigenvalue weighted by Gasteiger charge is 2.18. The van der Waals surface area contributed by atoms with Gasteiger partial charge < -0.3 is 11.0 Å². The quantitative estimate of drug-likeness (QED) is 0.488. The third-order valence-corrected chi connectivity index (χ3v) is 1.17. The summed E-state index contributed by atoms with van der Waals surface area (Å²) in [6.07, 6.45) is 0.633. The standard InChI is InChI=1S/C5H11NO3.H3N/c1-4-5(2,3)9-6(7)8;/h4H2,1-3H3;1H3. The lowest BCUT2D eigenvalue weighted by Gasteiger charge is -2.18. The van der Waals surface area contributed by atoms with Crippen molar-refractivity contribution in [2.75, 3.05) is 0 Å². The largest absolute Gasteiger partial charge is 0.344 e. The molecule has 0 rings (SSSR count). The van der Waals surface area contributed by atoms with E-state index in [9.17, 15) is 10.1 Å². The van der Waals surface area contributed by atoms with E-state index in [-0.39, 0.29) is 6.15 Å². The van der Waals surface area contributed by atoms with Gasteiger partial charge in [-0.15, -0.1) is 10.1 Å². The van der Waals surface area contributed by atoms with Crippen LogP contribution in [0.1, 0.15) is 27.2 Å². The molecule has 0 fully saturated rings. The second kappa shape index (κ2) is 4.05. The molecule has 0 atom stereocenters. The molecule has 0 aliphatic rings. The van der Waals surface area contributed by atoms with Gasteiger partial charge in [0.05, 0.1) is 0 Å². The number of hydrogen-bond donors (Lipinski definition) is 1. The van der Waals surface area contributed by atoms with Gasteiger partial charge in [0.25, 0.3) is 5.09 Å². The average molecular weight is 150 g/mol. The average Bonchev–Trinajstić information content (AvgIpc) is 1.63. The van der Waals surface area contributed by atoms with E-state index in [0.29, 0.717) is 6.42 Å². The van der Waals surface area contributed by atoms with Crippen LogP contribution in [-0.2, 0) is 4.84 Å². The molecule has 10 heavy (non-hydrogen) atoms. The van der Waals surface area contributed by atoms with Gasteiger partial charge in [-0.2, -0.15) is 0 Å². The lowest BCUT2D eigenvalue weighted by Crippen LogP contribution is -2.26. The van der Waals surface area contributed by atoms with Crippen LogP contribution in [0.4, 0.5) is 0 Å². The summed E-state index contributed by atoms with van der Waals surface area (Å²) >= 11 is 0. The second-order valence-electron chi connectivity index (χ2n) is 2.43. The van der Waals surface area contributed by atoms with Gasteiger partial charge in [0.2, 0.25) is 0 Å². The fraction of sp³-hybridized carbons (Fsp3) is 1.00. The highest BCUT2D eigenvalue weighted by Crippen LogP contribution is 2.12. The van der Waals surface area contributed by atoms with Crippen molar-refractivity contribution in [3.63, 3.8) is 0 Å². The van der Waals surface area contributed by atoms with Crippen molar-refractivity contribution in [1.82, 2.24) is 6.15 Å². The predicted octanol–water partition coefficient (Wildman–Crippen LogP) is 1.55. The van der Waals surface area contributed by atoms with Gasteiger partial charge in [0, 0.05) is 0 Å². The van der Waals surface area contributed by atoms with E-state index in [0.717, 1.165) is 0 Å². The summed E-state index contributed by atoms with van der Waals surface area (Å²) in [6.45, 7) is 5.19. The second-order valence-corrected chi connectivity index (χ2v) is 2.43. The van der Waals surface area contributed by atoms with Crippen LogP contribution in [0.25, 0.3) is 0 Å². The third-order valence-electron chi connectivity index (χ3n) is 1.17. The van der Waals surface area contributed by atoms with E-state index < -0.39 is 10.7 Å². The fourth-order valence-corrected chi connectivity index (χ4v) is 0.266. The van der Waals surface area contributed by atoms with E-state index in [2.05, 4.69) is 4.84 Å². The molecule has 0 saturated heterocycles. The summed E-state index contributed by atoms with van der Waals surface area (Å²) in [4.78, 5) is 14.1. The number of nitrogens with zero attached hydrogens (tertiary/aromatic N) is 1. The molecule has 0 amide bonds. The molecule has 0 aromatic rings. The molecule has 0 saturated carbocycles. The first-order valence-electron chi connectivity index (χ1n) is 2.81. The summed E-state index contributed by atoms with van der Waals surface area (Å²) in [5.74, 6) is 0. The van der Waals surface area contributed by atoms with Crippen molar-refractivity contribution in [1.29, 1.82) is 0 Å². The Labute approximate surface area is 60.1 Å². The SMILES string of the molecule is CCC(C)(C)O[N+](=O)[O-].N. The molecule has 5 nitrogen and oxygen atoms in total. The smallest absolute Gasteiger partial charge is 0.295 e. The zero-order valence-corrected chi connectivity index (χ0v) is 6.59. The summed E-state index contributed by atoms with van der Waals surface area (Å²) in [5.41, 5.74) is -0.635. The normalized spacial score (nSPS) is 9.90. The van der Waals surface area contributed by atoms with E-state index >= 15 is 0 Å². The zero-order chi connectivity index (χ0) is 7.49. The molecular weight excluding hydrogens is 136 g/mol. The fourth-order valence-electron chi connectivity index (χ4n) is 0.266. The third kappa shape index (κ3) is 5.30. The summed E-state index contributed by atoms with van der Waals surface area (Å²) in [7, 11) is 0. The van der Waals surface area contributed by atoms with Crippen LogP contribution in [0.15, 0.2) is 0 Å². The molecule has 0 aromatic heterocycles. The van der Waals surface area contributed by atoms with Crippen LogP contribution >= 0.6 is 0 Å². The minimum absolute atomic E-state index is 0. The van der Waals surface area contributed by atoms with E-state index in [1.54, 1.807) is 13.8 Å². The first-order chi connectivity index (χ1) is 3.98. The van der Waals surface area contributed by atoms with E-state index in [4.69, 9.17) is 0 Å². The molecule has 0 unspecified atom stereocenters. The highest BCUT2D eigenvalue weighted by atomic mass is 17.0. The minimum atomic E-state index is -0.760. The first kappa shape index (κ1) is 11.9. The van der Waals surface area contributed by atoms with Crippen molar-refractivity contribution in [3.05, 3.63) is 10.1 Å². The van der Waals surface area contributed by atoms with Gasteiger partial charge in [0.15, 0.2) is 0 Å². The minimum Gasteiger partial charge on any atom is -0.344 e. The zero-order valence-electron chi connectivity index (χ0n) is 6.59. The Bertz CT molecular complexity index is 113. The van der Waals surface area contributed by atoms with Gasteiger partial charge in [-0.1, -0.05) is 6.92 Å². The van der Waals surface area contributed by atoms with Crippen LogP contribution < -0.4 is 6.15 Å². The summed E-state index contributed by atoms with van der Waals surface area (Å²) in [6, 6.07) is 0. The number of hydrogen-bond acceptors (Lipinski definition) is 4. The molecule has 62 valence electrons. The van der Waals surface area contributed by atoms with E-state index in [1.165, 1.54) is 0 Å². The maximum Gasteiger partial charge on any atom is 0.295 e. The summed E-state index contributed by atoms with van der Waals surface area (Å²) in [5, 5.41) is 9.00. The van der Waals surface area contributed by atoms with Crippen LogP contribution in [0.5, 0.6) is 0 Å². The first-order valence-corrected chi connectivity index (χ1v) is 2.81. The Morgan fingerprint density at radius 3 is 2.10 bits per heavy atom. The Hall–Kier alpha value is -0.840. The maximum absolute atomic E-state index is 9.76. The predicted molar refractivity (Wildman–Crippen MR) is 37.5 cm³/mol. The topological polar surface area (TPSA) is 87.4 Å². The van der Waals surface area contributed by atoms with Crippen LogP contribution in [0.3, 0.4) is 0 Å². The van der Waals surface area contributed by atoms with Gasteiger partial charge in [0.1, 0.15) is 5.60 Å². The Morgan fingerprint density at radius 2 is 2.00 bits per heavy atom. The molecule has 3 N–H and O–H groups in total. The van der Waals surface area contributed by atoms with Crippen LogP contribution in [0.2, 0.25) is 0 Å². The Kier molecular flexibility index (Phi) is 4.82. The highest BCUT2D eigenvalue weighted by molar-refractivity contribution is 4.61. The molecule has 0 spiro atoms. The van der Waals surface area contributed by atoms with Gasteiger partial charge in [-0.05, 0) is 20.3 Å². The van der Waals surface area contributed by atoms with Crippen LogP contribution in [0, 0.1) is 10.1 Å². The Morgan fingerprint density at radius 1 is 1.60 bits per heavy atom. The molecule has 0 aliphatic heterocycles. The van der Waals surface area contributed by atoms with Gasteiger partial charge >= 0.3 is 0 Å². The molecule has 5 heteroatoms. The molecule has 0 radical (unpaired) electrons. The molecule has 0 heterocycles. The monoisotopic (exact) mass is 150 g/mol. The lowest BCUT2D eigenvalue weighted by molar-refractivity contribution is -0.779. The van der Waals surface area contributed by atoms with Crippen molar-refractivity contribution in [2.45, 2.75) is 32.8 Å². The Balaban J connectivity index is 0. The van der Waals surface area contributed by atoms with Crippen molar-refractivity contribution in [2.24, 2.45) is 0 Å². The van der Waals surface area contributed by atoms with E-state index in [1.807, 2.05) is 6.92 Å². The molecule has 0 aromatic carbocycles. The van der Waals surface area contributed by atoms with Crippen molar-refractivity contribution in [3.8, 4) is 0 Å². The number of rotatable bonds is 3. The lowest BCUT2D eigenvalue weighted by atomic mass is 10.1. The summed E-state index contributed by atoms with van der Waals surface area (Å²) < 4.78 is 0. The molecule has 0 aliphatic carbocycles. The van der Waals surface area contributed by atoms with Gasteiger partial charge in [-0.25, -0.2) is 0 Å². The van der Waals surface area contributed by atoms with Gasteiger partial charge in [-0.3, -0.25) is 0 Å². The van der Waals surface area contributed by atoms with Crippen molar-refractivity contribution < 1.29 is 9.92 Å². The van der Waals surface area contributed by atoms with Crippen LogP contribution in [-0.4, -0.2) is 10.7 Å².